The van der Waals surface area contributed by atoms with Crippen LogP contribution >= 0.6 is 0 Å². The van der Waals surface area contributed by atoms with Gasteiger partial charge in [-0.25, -0.2) is 0 Å². The minimum atomic E-state index is 0.540. The first kappa shape index (κ1) is 8.98. The van der Waals surface area contributed by atoms with E-state index in [0.29, 0.717) is 6.04 Å². The van der Waals surface area contributed by atoms with Crippen LogP contribution in [0.15, 0.2) is 34.9 Å². The molecular formula is C13H15NO. The third-order valence-corrected chi connectivity index (χ3v) is 3.19. The van der Waals surface area contributed by atoms with Crippen LogP contribution in [0.3, 0.4) is 0 Å². The molecule has 3 rings (SSSR count). The number of furan rings is 1. The minimum Gasteiger partial charge on any atom is -0.464 e. The molecule has 2 heteroatoms. The average Bonchev–Trinajstić information content (AvgIpc) is 2.77. The lowest BCUT2D eigenvalue weighted by Crippen LogP contribution is -2.26. The highest BCUT2D eigenvalue weighted by atomic mass is 16.3. The van der Waals surface area contributed by atoms with E-state index >= 15 is 0 Å². The predicted molar refractivity (Wildman–Crippen MR) is 60.8 cm³/mol. The Morgan fingerprint density at radius 2 is 2.20 bits per heavy atom. The fraction of sp³-hybridized carbons (Fsp3) is 0.385. The van der Waals surface area contributed by atoms with E-state index in [4.69, 9.17) is 4.42 Å². The van der Waals surface area contributed by atoms with E-state index in [2.05, 4.69) is 23.5 Å². The third kappa shape index (κ3) is 1.65. The predicted octanol–water partition coefficient (Wildman–Crippen LogP) is 3.25. The molecule has 1 aliphatic heterocycles. The largest absolute Gasteiger partial charge is 0.464 e. The van der Waals surface area contributed by atoms with E-state index in [9.17, 15) is 0 Å². The molecule has 1 aromatic heterocycles. The molecule has 1 N–H and O–H groups in total. The number of hydrogen-bond donors (Lipinski definition) is 1. The van der Waals surface area contributed by atoms with E-state index in [0.717, 1.165) is 12.1 Å². The summed E-state index contributed by atoms with van der Waals surface area (Å²) in [5, 5.41) is 4.77. The van der Waals surface area contributed by atoms with Crippen molar-refractivity contribution in [2.75, 3.05) is 6.54 Å². The Bertz CT molecular complexity index is 454. The Hall–Kier alpha value is -1.28. The van der Waals surface area contributed by atoms with Crippen LogP contribution in [0.2, 0.25) is 0 Å². The van der Waals surface area contributed by atoms with E-state index in [-0.39, 0.29) is 0 Å². The van der Waals surface area contributed by atoms with Gasteiger partial charge in [-0.1, -0.05) is 12.5 Å². The second kappa shape index (κ2) is 3.70. The molecule has 2 heterocycles. The van der Waals surface area contributed by atoms with Gasteiger partial charge in [0, 0.05) is 11.4 Å². The van der Waals surface area contributed by atoms with Crippen molar-refractivity contribution in [3.05, 3.63) is 36.1 Å². The highest BCUT2D eigenvalue weighted by Crippen LogP contribution is 2.26. The molecule has 1 unspecified atom stereocenters. The first-order valence-corrected chi connectivity index (χ1v) is 5.64. The zero-order chi connectivity index (χ0) is 10.1. The molecule has 1 aliphatic rings. The zero-order valence-corrected chi connectivity index (χ0v) is 8.70. The van der Waals surface area contributed by atoms with Crippen LogP contribution in [0.4, 0.5) is 0 Å². The first-order valence-electron chi connectivity index (χ1n) is 5.64. The number of hydrogen-bond acceptors (Lipinski definition) is 2. The van der Waals surface area contributed by atoms with Gasteiger partial charge in [0.25, 0.3) is 0 Å². The highest BCUT2D eigenvalue weighted by Gasteiger charge is 2.14. The minimum absolute atomic E-state index is 0.540. The number of nitrogens with one attached hydrogen (secondary N) is 1. The molecule has 0 saturated carbocycles. The maximum atomic E-state index is 5.34. The maximum absolute atomic E-state index is 5.34. The molecule has 1 atom stereocenters. The van der Waals surface area contributed by atoms with Gasteiger partial charge in [-0.15, -0.1) is 0 Å². The van der Waals surface area contributed by atoms with Gasteiger partial charge in [0.15, 0.2) is 0 Å². The molecule has 0 spiro atoms. The van der Waals surface area contributed by atoms with Crippen molar-refractivity contribution >= 4 is 11.0 Å². The second-order valence-corrected chi connectivity index (χ2v) is 4.22. The Morgan fingerprint density at radius 1 is 1.20 bits per heavy atom. The number of piperidine rings is 1. The Kier molecular flexibility index (Phi) is 2.22. The smallest absolute Gasteiger partial charge is 0.133 e. The van der Waals surface area contributed by atoms with Crippen LogP contribution in [0.5, 0.6) is 0 Å². The summed E-state index contributed by atoms with van der Waals surface area (Å²) >= 11 is 0. The van der Waals surface area contributed by atoms with Gasteiger partial charge in [-0.05, 0) is 43.1 Å². The van der Waals surface area contributed by atoms with Gasteiger partial charge >= 0.3 is 0 Å². The van der Waals surface area contributed by atoms with Crippen molar-refractivity contribution in [3.63, 3.8) is 0 Å². The molecule has 78 valence electrons. The molecular weight excluding hydrogens is 186 g/mol. The van der Waals surface area contributed by atoms with E-state index in [1.165, 1.54) is 30.2 Å². The summed E-state index contributed by atoms with van der Waals surface area (Å²) in [7, 11) is 0. The van der Waals surface area contributed by atoms with Gasteiger partial charge in [0.05, 0.1) is 6.26 Å². The normalized spacial score (nSPS) is 22.0. The van der Waals surface area contributed by atoms with Crippen LogP contribution in [0, 0.1) is 0 Å². The molecule has 1 saturated heterocycles. The maximum Gasteiger partial charge on any atom is 0.133 e. The topological polar surface area (TPSA) is 25.2 Å². The Labute approximate surface area is 89.3 Å². The van der Waals surface area contributed by atoms with Crippen molar-refractivity contribution in [1.29, 1.82) is 0 Å². The molecule has 15 heavy (non-hydrogen) atoms. The van der Waals surface area contributed by atoms with Gasteiger partial charge in [0.2, 0.25) is 0 Å². The lowest BCUT2D eigenvalue weighted by atomic mass is 9.97. The number of fused-ring (bicyclic) bond motifs is 1. The second-order valence-electron chi connectivity index (χ2n) is 4.22. The summed E-state index contributed by atoms with van der Waals surface area (Å²) in [5.74, 6) is 0. The fourth-order valence-corrected chi connectivity index (χ4v) is 2.34. The van der Waals surface area contributed by atoms with Crippen molar-refractivity contribution in [2.45, 2.75) is 25.3 Å². The van der Waals surface area contributed by atoms with Crippen LogP contribution in [0.25, 0.3) is 11.0 Å². The van der Waals surface area contributed by atoms with Crippen molar-refractivity contribution < 1.29 is 4.42 Å². The van der Waals surface area contributed by atoms with Crippen LogP contribution in [-0.2, 0) is 0 Å². The molecule has 0 aliphatic carbocycles. The van der Waals surface area contributed by atoms with Gasteiger partial charge in [-0.2, -0.15) is 0 Å². The van der Waals surface area contributed by atoms with Crippen LogP contribution in [-0.4, -0.2) is 6.54 Å². The quantitative estimate of drug-likeness (QED) is 0.766. The summed E-state index contributed by atoms with van der Waals surface area (Å²) < 4.78 is 5.34. The van der Waals surface area contributed by atoms with Gasteiger partial charge in [0.1, 0.15) is 5.58 Å². The summed E-state index contributed by atoms with van der Waals surface area (Å²) in [6.45, 7) is 1.15. The third-order valence-electron chi connectivity index (χ3n) is 3.19. The molecule has 1 fully saturated rings. The fourth-order valence-electron chi connectivity index (χ4n) is 2.34. The van der Waals surface area contributed by atoms with Crippen molar-refractivity contribution in [1.82, 2.24) is 5.32 Å². The zero-order valence-electron chi connectivity index (χ0n) is 8.70. The molecule has 0 bridgehead atoms. The molecule has 0 amide bonds. The van der Waals surface area contributed by atoms with E-state index in [1.807, 2.05) is 6.07 Å². The Balaban J connectivity index is 1.95. The van der Waals surface area contributed by atoms with Gasteiger partial charge in [-0.3, -0.25) is 0 Å². The SMILES string of the molecule is c1cc2cc(C3CCCCN3)ccc2o1. The summed E-state index contributed by atoms with van der Waals surface area (Å²) in [6.07, 6.45) is 5.65. The van der Waals surface area contributed by atoms with E-state index in [1.54, 1.807) is 6.26 Å². The summed E-state index contributed by atoms with van der Waals surface area (Å²) in [6, 6.07) is 9.05. The standard InChI is InChI=1S/C13H15NO/c1-2-7-14-12(3-1)10-4-5-13-11(9-10)6-8-15-13/h4-6,8-9,12,14H,1-3,7H2. The highest BCUT2D eigenvalue weighted by molar-refractivity contribution is 5.77. The molecule has 2 aromatic rings. The number of rotatable bonds is 1. The molecule has 2 nitrogen and oxygen atoms in total. The average molecular weight is 201 g/mol. The Morgan fingerprint density at radius 3 is 3.07 bits per heavy atom. The number of benzene rings is 1. The summed E-state index contributed by atoms with van der Waals surface area (Å²) in [4.78, 5) is 0. The molecule has 1 aromatic carbocycles. The first-order chi connectivity index (χ1) is 7.43. The van der Waals surface area contributed by atoms with Crippen LogP contribution in [0.1, 0.15) is 30.9 Å². The van der Waals surface area contributed by atoms with Crippen LogP contribution < -0.4 is 5.32 Å². The van der Waals surface area contributed by atoms with Gasteiger partial charge < -0.3 is 9.73 Å². The lowest BCUT2D eigenvalue weighted by molar-refractivity contribution is 0.412. The summed E-state index contributed by atoms with van der Waals surface area (Å²) in [5.41, 5.74) is 2.37. The van der Waals surface area contributed by atoms with E-state index < -0.39 is 0 Å². The lowest BCUT2D eigenvalue weighted by Gasteiger charge is -2.23. The molecule has 0 radical (unpaired) electrons. The van der Waals surface area contributed by atoms with Crippen molar-refractivity contribution in [3.8, 4) is 0 Å². The van der Waals surface area contributed by atoms with Crippen molar-refractivity contribution in [2.24, 2.45) is 0 Å². The monoisotopic (exact) mass is 201 g/mol.